The molecular weight excluding hydrogens is 234 g/mol. The molecule has 0 bridgehead atoms. The molecule has 0 amide bonds. The average molecular weight is 257 g/mol. The van der Waals surface area contributed by atoms with E-state index in [0.29, 0.717) is 0 Å². The minimum Gasteiger partial charge on any atom is -0.398 e. The minimum atomic E-state index is 0.805. The molecule has 2 N–H and O–H groups in total. The fourth-order valence-electron chi connectivity index (χ4n) is 4.42. The summed E-state index contributed by atoms with van der Waals surface area (Å²) in [4.78, 5) is 7.06. The molecule has 4 rings (SSSR count). The third-order valence-electron chi connectivity index (χ3n) is 5.60. The van der Waals surface area contributed by atoms with E-state index in [9.17, 15) is 0 Å². The normalized spacial score (nSPS) is 25.7. The molecule has 2 aliphatic carbocycles. The van der Waals surface area contributed by atoms with Gasteiger partial charge in [-0.3, -0.25) is 9.88 Å². The predicted molar refractivity (Wildman–Crippen MR) is 76.6 cm³/mol. The second kappa shape index (κ2) is 4.20. The van der Waals surface area contributed by atoms with Gasteiger partial charge in [-0.05, 0) is 43.1 Å². The summed E-state index contributed by atoms with van der Waals surface area (Å²) in [5, 5.41) is 0. The van der Waals surface area contributed by atoms with Crippen molar-refractivity contribution in [3.8, 4) is 0 Å². The summed E-state index contributed by atoms with van der Waals surface area (Å²) in [5.41, 5.74) is 10.3. The Balaban J connectivity index is 1.38. The van der Waals surface area contributed by atoms with Gasteiger partial charge >= 0.3 is 0 Å². The maximum atomic E-state index is 6.09. The highest BCUT2D eigenvalue weighted by atomic mass is 15.1. The largest absolute Gasteiger partial charge is 0.398 e. The summed E-state index contributed by atoms with van der Waals surface area (Å²) in [6, 6.07) is 1.94. The molecule has 1 aromatic rings. The standard InChI is InChI=1S/C16H23N3/c17-14-2-6-18-15-3-7-19(11-13(14)15)10-12-8-16(9-12)4-1-5-16/h2,6,12H,1,3-5,7-11H2,(H2,17,18). The van der Waals surface area contributed by atoms with Gasteiger partial charge in [-0.2, -0.15) is 0 Å². The number of pyridine rings is 1. The molecular formula is C16H23N3. The molecule has 0 saturated heterocycles. The SMILES string of the molecule is Nc1ccnc2c1CN(CC1CC3(CCC3)C1)CC2. The first-order chi connectivity index (χ1) is 9.24. The zero-order valence-corrected chi connectivity index (χ0v) is 11.6. The maximum Gasteiger partial charge on any atom is 0.0481 e. The third kappa shape index (κ3) is 1.95. The Bertz CT molecular complexity index is 485. The molecule has 1 aliphatic heterocycles. The van der Waals surface area contributed by atoms with E-state index in [1.165, 1.54) is 49.9 Å². The van der Waals surface area contributed by atoms with Crippen LogP contribution in [0.2, 0.25) is 0 Å². The Kier molecular flexibility index (Phi) is 2.59. The van der Waals surface area contributed by atoms with Crippen LogP contribution in [0.15, 0.2) is 12.3 Å². The number of anilines is 1. The number of nitrogen functional groups attached to an aromatic ring is 1. The first-order valence-corrected chi connectivity index (χ1v) is 7.69. The van der Waals surface area contributed by atoms with Crippen LogP contribution in [0, 0.1) is 11.3 Å². The molecule has 0 atom stereocenters. The van der Waals surface area contributed by atoms with Crippen molar-refractivity contribution >= 4 is 5.69 Å². The van der Waals surface area contributed by atoms with Gasteiger partial charge in [0.1, 0.15) is 0 Å². The van der Waals surface area contributed by atoms with E-state index in [4.69, 9.17) is 5.73 Å². The second-order valence-electron chi connectivity index (χ2n) is 6.94. The number of hydrogen-bond acceptors (Lipinski definition) is 3. The van der Waals surface area contributed by atoms with E-state index in [1.54, 1.807) is 0 Å². The number of hydrogen-bond donors (Lipinski definition) is 1. The fourth-order valence-corrected chi connectivity index (χ4v) is 4.42. The lowest BCUT2D eigenvalue weighted by molar-refractivity contribution is -0.0391. The lowest BCUT2D eigenvalue weighted by atomic mass is 9.52. The van der Waals surface area contributed by atoms with Crippen LogP contribution in [0.25, 0.3) is 0 Å². The van der Waals surface area contributed by atoms with Crippen molar-refractivity contribution in [3.05, 3.63) is 23.5 Å². The monoisotopic (exact) mass is 257 g/mol. The van der Waals surface area contributed by atoms with Crippen LogP contribution in [0.5, 0.6) is 0 Å². The zero-order chi connectivity index (χ0) is 12.9. The van der Waals surface area contributed by atoms with Gasteiger partial charge in [-0.15, -0.1) is 0 Å². The van der Waals surface area contributed by atoms with E-state index in [-0.39, 0.29) is 0 Å². The van der Waals surface area contributed by atoms with Gasteiger partial charge in [0.25, 0.3) is 0 Å². The number of fused-ring (bicyclic) bond motifs is 1. The second-order valence-corrected chi connectivity index (χ2v) is 6.94. The van der Waals surface area contributed by atoms with Crippen LogP contribution in [0.3, 0.4) is 0 Å². The fraction of sp³-hybridized carbons (Fsp3) is 0.688. The molecule has 3 aliphatic rings. The van der Waals surface area contributed by atoms with E-state index in [2.05, 4.69) is 9.88 Å². The number of rotatable bonds is 2. The molecule has 3 nitrogen and oxygen atoms in total. The van der Waals surface area contributed by atoms with Crippen molar-refractivity contribution < 1.29 is 0 Å². The molecule has 1 spiro atoms. The lowest BCUT2D eigenvalue weighted by Gasteiger charge is -2.55. The quantitative estimate of drug-likeness (QED) is 0.885. The molecule has 1 aromatic heterocycles. The Morgan fingerprint density at radius 3 is 2.95 bits per heavy atom. The lowest BCUT2D eigenvalue weighted by Crippen LogP contribution is -2.47. The van der Waals surface area contributed by atoms with Crippen LogP contribution >= 0.6 is 0 Å². The van der Waals surface area contributed by atoms with Gasteiger partial charge in [-0.1, -0.05) is 6.42 Å². The smallest absolute Gasteiger partial charge is 0.0481 e. The summed E-state index contributed by atoms with van der Waals surface area (Å²) >= 11 is 0. The topological polar surface area (TPSA) is 42.1 Å². The van der Waals surface area contributed by atoms with Crippen molar-refractivity contribution in [1.82, 2.24) is 9.88 Å². The van der Waals surface area contributed by atoms with Crippen LogP contribution in [-0.4, -0.2) is 23.0 Å². The maximum absolute atomic E-state index is 6.09. The summed E-state index contributed by atoms with van der Waals surface area (Å²) in [5.74, 6) is 0.944. The van der Waals surface area contributed by atoms with Crippen molar-refractivity contribution in [2.75, 3.05) is 18.8 Å². The van der Waals surface area contributed by atoms with Crippen molar-refractivity contribution in [2.45, 2.75) is 45.1 Å². The minimum absolute atomic E-state index is 0.805. The summed E-state index contributed by atoms with van der Waals surface area (Å²) < 4.78 is 0. The zero-order valence-electron chi connectivity index (χ0n) is 11.6. The van der Waals surface area contributed by atoms with Gasteiger partial charge in [0.15, 0.2) is 0 Å². The van der Waals surface area contributed by atoms with Gasteiger partial charge in [0.2, 0.25) is 0 Å². The highest BCUT2D eigenvalue weighted by molar-refractivity contribution is 5.48. The van der Waals surface area contributed by atoms with Crippen LogP contribution < -0.4 is 5.73 Å². The summed E-state index contributed by atoms with van der Waals surface area (Å²) in [6.45, 7) is 3.45. The Morgan fingerprint density at radius 1 is 1.37 bits per heavy atom. The molecule has 19 heavy (non-hydrogen) atoms. The summed E-state index contributed by atoms with van der Waals surface area (Å²) in [7, 11) is 0. The van der Waals surface area contributed by atoms with E-state index < -0.39 is 0 Å². The Morgan fingerprint density at radius 2 is 2.21 bits per heavy atom. The Hall–Kier alpha value is -1.09. The van der Waals surface area contributed by atoms with Crippen molar-refractivity contribution in [1.29, 1.82) is 0 Å². The van der Waals surface area contributed by atoms with Gasteiger partial charge in [0.05, 0.1) is 0 Å². The first-order valence-electron chi connectivity index (χ1n) is 7.69. The number of nitrogens with zero attached hydrogens (tertiary/aromatic N) is 2. The Labute approximate surface area is 115 Å². The first kappa shape index (κ1) is 11.7. The van der Waals surface area contributed by atoms with Gasteiger partial charge < -0.3 is 5.73 Å². The molecule has 2 fully saturated rings. The van der Waals surface area contributed by atoms with Crippen LogP contribution in [-0.2, 0) is 13.0 Å². The van der Waals surface area contributed by atoms with Gasteiger partial charge in [0, 0.05) is 49.2 Å². The van der Waals surface area contributed by atoms with E-state index in [1.807, 2.05) is 12.3 Å². The molecule has 0 radical (unpaired) electrons. The van der Waals surface area contributed by atoms with Crippen LogP contribution in [0.4, 0.5) is 5.69 Å². The number of nitrogens with two attached hydrogens (primary N) is 1. The van der Waals surface area contributed by atoms with E-state index in [0.717, 1.165) is 36.5 Å². The van der Waals surface area contributed by atoms with Gasteiger partial charge in [-0.25, -0.2) is 0 Å². The van der Waals surface area contributed by atoms with Crippen LogP contribution in [0.1, 0.15) is 43.4 Å². The molecule has 3 heteroatoms. The highest BCUT2D eigenvalue weighted by Crippen LogP contribution is 2.58. The molecule has 102 valence electrons. The summed E-state index contributed by atoms with van der Waals surface area (Å²) in [6.07, 6.45) is 10.4. The van der Waals surface area contributed by atoms with Crippen molar-refractivity contribution in [3.63, 3.8) is 0 Å². The number of aromatic nitrogens is 1. The molecule has 0 unspecified atom stereocenters. The van der Waals surface area contributed by atoms with Crippen molar-refractivity contribution in [2.24, 2.45) is 11.3 Å². The average Bonchev–Trinajstić information content (AvgIpc) is 2.32. The molecule has 2 saturated carbocycles. The molecule has 2 heterocycles. The highest BCUT2D eigenvalue weighted by Gasteiger charge is 2.48. The third-order valence-corrected chi connectivity index (χ3v) is 5.60. The predicted octanol–water partition coefficient (Wildman–Crippen LogP) is 2.60. The van der Waals surface area contributed by atoms with E-state index >= 15 is 0 Å². The molecule has 0 aromatic carbocycles.